The predicted molar refractivity (Wildman–Crippen MR) is 320 cm³/mol. The summed E-state index contributed by atoms with van der Waals surface area (Å²) < 4.78 is 16.8. The maximum atomic E-state index is 12.8. The van der Waals surface area contributed by atoms with Crippen molar-refractivity contribution in [2.45, 2.75) is 264 Å². The molecule has 6 nitrogen and oxygen atoms in total. The van der Waals surface area contributed by atoms with Gasteiger partial charge < -0.3 is 14.2 Å². The molecule has 1 atom stereocenters. The summed E-state index contributed by atoms with van der Waals surface area (Å²) in [7, 11) is 0. The van der Waals surface area contributed by atoms with E-state index in [1.807, 2.05) is 0 Å². The van der Waals surface area contributed by atoms with Gasteiger partial charge in [-0.2, -0.15) is 0 Å². The van der Waals surface area contributed by atoms with Crippen LogP contribution in [0.5, 0.6) is 0 Å². The summed E-state index contributed by atoms with van der Waals surface area (Å²) in [5.41, 5.74) is 0. The molecule has 0 rings (SSSR count). The van der Waals surface area contributed by atoms with Gasteiger partial charge in [0.25, 0.3) is 0 Å². The van der Waals surface area contributed by atoms with Gasteiger partial charge in [0, 0.05) is 19.3 Å². The smallest absolute Gasteiger partial charge is 0.306 e. The second-order valence-electron chi connectivity index (χ2n) is 19.5. The van der Waals surface area contributed by atoms with Crippen LogP contribution in [0.1, 0.15) is 258 Å². The molecule has 0 aliphatic heterocycles. The molecule has 0 aromatic heterocycles. The molecular formula is C68H110O6. The predicted octanol–water partition coefficient (Wildman–Crippen LogP) is 20.6. The Labute approximate surface area is 455 Å². The molecule has 74 heavy (non-hydrogen) atoms. The Bertz CT molecular complexity index is 1600. The van der Waals surface area contributed by atoms with Gasteiger partial charge in [0.15, 0.2) is 6.10 Å². The van der Waals surface area contributed by atoms with Crippen molar-refractivity contribution >= 4 is 17.9 Å². The van der Waals surface area contributed by atoms with E-state index in [2.05, 4.69) is 154 Å². The zero-order valence-electron chi connectivity index (χ0n) is 47.8. The Balaban J connectivity index is 4.19. The molecule has 0 saturated carbocycles. The first kappa shape index (κ1) is 69.5. The van der Waals surface area contributed by atoms with E-state index in [9.17, 15) is 14.4 Å². The molecule has 0 aromatic carbocycles. The molecule has 0 fully saturated rings. The van der Waals surface area contributed by atoms with E-state index in [1.54, 1.807) is 0 Å². The normalized spacial score (nSPS) is 13.1. The number of rotatable bonds is 53. The van der Waals surface area contributed by atoms with Crippen LogP contribution in [-0.4, -0.2) is 37.2 Å². The third-order valence-corrected chi connectivity index (χ3v) is 12.4. The Morgan fingerprint density at radius 2 is 0.527 bits per heavy atom. The van der Waals surface area contributed by atoms with Crippen molar-refractivity contribution in [1.82, 2.24) is 0 Å². The Kier molecular flexibility index (Phi) is 57.4. The number of esters is 3. The van der Waals surface area contributed by atoms with Crippen molar-refractivity contribution in [1.29, 1.82) is 0 Å². The number of hydrogen-bond donors (Lipinski definition) is 0. The Hall–Kier alpha value is -4.45. The second kappa shape index (κ2) is 61.1. The number of carbonyl (C=O) groups is 3. The average molecular weight is 1020 g/mol. The minimum Gasteiger partial charge on any atom is -0.462 e. The van der Waals surface area contributed by atoms with E-state index in [0.29, 0.717) is 19.3 Å². The van der Waals surface area contributed by atoms with Crippen LogP contribution in [-0.2, 0) is 28.6 Å². The molecule has 0 N–H and O–H groups in total. The summed E-state index contributed by atoms with van der Waals surface area (Å²) >= 11 is 0. The summed E-state index contributed by atoms with van der Waals surface area (Å²) in [6, 6.07) is 0. The zero-order valence-corrected chi connectivity index (χ0v) is 47.8. The highest BCUT2D eigenvalue weighted by molar-refractivity contribution is 5.71. The summed E-state index contributed by atoms with van der Waals surface area (Å²) in [6.07, 6.45) is 86.2. The number of unbranched alkanes of at least 4 members (excludes halogenated alkanes) is 20. The monoisotopic (exact) mass is 1020 g/mol. The third-order valence-electron chi connectivity index (χ3n) is 12.4. The van der Waals surface area contributed by atoms with Gasteiger partial charge in [-0.3, -0.25) is 14.4 Å². The lowest BCUT2D eigenvalue weighted by Gasteiger charge is -2.18. The number of carbonyl (C=O) groups excluding carboxylic acids is 3. The van der Waals surface area contributed by atoms with Gasteiger partial charge in [-0.1, -0.05) is 257 Å². The molecule has 0 aliphatic rings. The van der Waals surface area contributed by atoms with Crippen molar-refractivity contribution in [3.8, 4) is 0 Å². The topological polar surface area (TPSA) is 78.9 Å². The molecule has 0 amide bonds. The molecule has 0 aliphatic carbocycles. The molecule has 1 unspecified atom stereocenters. The van der Waals surface area contributed by atoms with Gasteiger partial charge in [0.1, 0.15) is 13.2 Å². The van der Waals surface area contributed by atoms with E-state index in [4.69, 9.17) is 14.2 Å². The highest BCUT2D eigenvalue weighted by atomic mass is 16.6. The van der Waals surface area contributed by atoms with Gasteiger partial charge in [-0.05, 0) is 116 Å². The van der Waals surface area contributed by atoms with Crippen molar-refractivity contribution in [2.24, 2.45) is 0 Å². The van der Waals surface area contributed by atoms with Crippen molar-refractivity contribution < 1.29 is 28.6 Å². The van der Waals surface area contributed by atoms with Crippen LogP contribution >= 0.6 is 0 Å². The maximum Gasteiger partial charge on any atom is 0.306 e. The molecule has 0 spiro atoms. The molecule has 0 saturated heterocycles. The van der Waals surface area contributed by atoms with Crippen molar-refractivity contribution in [2.75, 3.05) is 13.2 Å². The van der Waals surface area contributed by atoms with Crippen LogP contribution in [0.3, 0.4) is 0 Å². The largest absolute Gasteiger partial charge is 0.462 e. The van der Waals surface area contributed by atoms with Crippen molar-refractivity contribution in [3.63, 3.8) is 0 Å². The van der Waals surface area contributed by atoms with Gasteiger partial charge in [0.05, 0.1) is 0 Å². The third kappa shape index (κ3) is 58.4. The fraction of sp³-hybridized carbons (Fsp3) is 0.632. The van der Waals surface area contributed by atoms with Crippen LogP contribution in [0, 0.1) is 0 Å². The standard InChI is InChI=1S/C68H110O6/c1-4-7-10-13-16-18-20-22-24-26-28-30-31-32-33-34-35-36-37-39-40-42-44-46-48-50-52-55-58-61-67(70)73-64-65(63-72-66(69)60-57-54-15-12-9-6-3)74-68(71)62-59-56-53-51-49-47-45-43-41-38-29-27-25-23-21-19-17-14-11-8-5-2/h7-8,10-11,16-19,22-25,28-30,32-33,35-36,38-40,65H,4-6,9,12-15,20-21,26-27,31,34,37,41-64H2,1-3H3/b10-7-,11-8-,18-16-,19-17-,24-22-,25-23-,30-28-,33-32-,36-35-,38-29-,40-39-. The summed E-state index contributed by atoms with van der Waals surface area (Å²) in [5.74, 6) is -0.920. The lowest BCUT2D eigenvalue weighted by atomic mass is 10.1. The molecule has 418 valence electrons. The highest BCUT2D eigenvalue weighted by Gasteiger charge is 2.19. The van der Waals surface area contributed by atoms with Crippen LogP contribution in [0.2, 0.25) is 0 Å². The molecule has 6 heteroatoms. The van der Waals surface area contributed by atoms with Crippen LogP contribution in [0.4, 0.5) is 0 Å². The quantitative estimate of drug-likeness (QED) is 0.0261. The summed E-state index contributed by atoms with van der Waals surface area (Å²) in [6.45, 7) is 6.33. The maximum absolute atomic E-state index is 12.8. The summed E-state index contributed by atoms with van der Waals surface area (Å²) in [4.78, 5) is 38.0. The summed E-state index contributed by atoms with van der Waals surface area (Å²) in [5, 5.41) is 0. The van der Waals surface area contributed by atoms with E-state index < -0.39 is 6.10 Å². The van der Waals surface area contributed by atoms with E-state index in [-0.39, 0.29) is 31.1 Å². The van der Waals surface area contributed by atoms with Crippen LogP contribution < -0.4 is 0 Å². The SMILES string of the molecule is CC/C=C\C/C=C\C/C=C\C/C=C\C/C=C\C/C=C\C/C=C\CCCCCCCCCC(=O)OCC(COC(=O)CCCCCCCC)OC(=O)CCCCCCCCCC/C=C\C/C=C\C/C=C\C/C=C\CC. The minimum absolute atomic E-state index is 0.0881. The fourth-order valence-corrected chi connectivity index (χ4v) is 7.94. The number of ether oxygens (including phenoxy) is 3. The fourth-order valence-electron chi connectivity index (χ4n) is 7.94. The molecule has 0 heterocycles. The van der Waals surface area contributed by atoms with Crippen LogP contribution in [0.25, 0.3) is 0 Å². The van der Waals surface area contributed by atoms with Crippen molar-refractivity contribution in [3.05, 3.63) is 134 Å². The average Bonchev–Trinajstić information content (AvgIpc) is 3.40. The first-order valence-corrected chi connectivity index (χ1v) is 30.2. The van der Waals surface area contributed by atoms with Crippen LogP contribution in [0.15, 0.2) is 134 Å². The lowest BCUT2D eigenvalue weighted by Crippen LogP contribution is -2.30. The zero-order chi connectivity index (χ0) is 53.6. The first-order valence-electron chi connectivity index (χ1n) is 30.2. The number of allylic oxidation sites excluding steroid dienone is 22. The number of hydrogen-bond acceptors (Lipinski definition) is 6. The van der Waals surface area contributed by atoms with Gasteiger partial charge in [-0.15, -0.1) is 0 Å². The van der Waals surface area contributed by atoms with E-state index >= 15 is 0 Å². The second-order valence-corrected chi connectivity index (χ2v) is 19.5. The molecular weight excluding hydrogens is 913 g/mol. The van der Waals surface area contributed by atoms with Gasteiger partial charge >= 0.3 is 17.9 Å². The van der Waals surface area contributed by atoms with E-state index in [1.165, 1.54) is 77.0 Å². The molecule has 0 radical (unpaired) electrons. The Morgan fingerprint density at radius 3 is 0.824 bits per heavy atom. The highest BCUT2D eigenvalue weighted by Crippen LogP contribution is 2.14. The Morgan fingerprint density at radius 1 is 0.284 bits per heavy atom. The molecule has 0 aromatic rings. The first-order chi connectivity index (χ1) is 36.5. The lowest BCUT2D eigenvalue weighted by molar-refractivity contribution is -0.167. The van der Waals surface area contributed by atoms with E-state index in [0.717, 1.165) is 141 Å². The molecule has 0 bridgehead atoms. The minimum atomic E-state index is -0.789. The van der Waals surface area contributed by atoms with Gasteiger partial charge in [0.2, 0.25) is 0 Å². The van der Waals surface area contributed by atoms with Gasteiger partial charge in [-0.25, -0.2) is 0 Å².